The maximum absolute atomic E-state index is 14.2. The predicted molar refractivity (Wildman–Crippen MR) is 176 cm³/mol. The number of sulfonamides is 1. The molecular weight excluding hydrogens is 643 g/mol. The summed E-state index contributed by atoms with van der Waals surface area (Å²) in [7, 11) is -2.54. The van der Waals surface area contributed by atoms with Crippen LogP contribution >= 0.6 is 11.3 Å². The first-order chi connectivity index (χ1) is 22.5. The van der Waals surface area contributed by atoms with E-state index in [4.69, 9.17) is 4.74 Å². The van der Waals surface area contributed by atoms with Crippen molar-refractivity contribution in [3.8, 4) is 5.88 Å². The van der Waals surface area contributed by atoms with Gasteiger partial charge >= 0.3 is 5.97 Å². The van der Waals surface area contributed by atoms with E-state index in [0.29, 0.717) is 58.5 Å². The highest BCUT2D eigenvalue weighted by atomic mass is 32.2. The van der Waals surface area contributed by atoms with Crippen LogP contribution in [0, 0.1) is 0 Å². The molecule has 246 valence electrons. The van der Waals surface area contributed by atoms with Gasteiger partial charge in [-0.15, -0.1) is 0 Å². The third-order valence-corrected chi connectivity index (χ3v) is 11.6. The number of rotatable bonds is 11. The van der Waals surface area contributed by atoms with Crippen molar-refractivity contribution in [1.82, 2.24) is 19.2 Å². The quantitative estimate of drug-likeness (QED) is 0.250. The van der Waals surface area contributed by atoms with Gasteiger partial charge in [0, 0.05) is 63.2 Å². The number of carboxylic acids is 1. The number of thiazole rings is 1. The number of aromatic nitrogens is 2. The molecule has 14 heteroatoms. The van der Waals surface area contributed by atoms with Crippen molar-refractivity contribution in [3.05, 3.63) is 76.8 Å². The van der Waals surface area contributed by atoms with E-state index >= 15 is 0 Å². The molecular formula is C33H35N5O7S2. The lowest BCUT2D eigenvalue weighted by molar-refractivity contribution is -0.137. The zero-order valence-corrected chi connectivity index (χ0v) is 27.7. The molecule has 1 fully saturated rings. The standard InChI is InChI=1S/C33H35N5O7S2/c1-22(39)36-16-14-33(20-36)21-38(30(40)18-29-34-26-11-13-28(45-2)35-32(26)46-29)27-12-10-24(17-25(27)33)47(43,44)37(15-6-9-31(41)42)19-23-7-4-3-5-8-23/h3-5,7-8,10-13,17H,6,9,14-16,18-21H2,1-2H3,(H,41,42). The van der Waals surface area contributed by atoms with Gasteiger partial charge in [-0.05, 0) is 48.2 Å². The van der Waals surface area contributed by atoms with Gasteiger partial charge in [-0.2, -0.15) is 4.31 Å². The van der Waals surface area contributed by atoms with Crippen LogP contribution in [0.5, 0.6) is 5.88 Å². The number of aliphatic carboxylic acids is 1. The summed E-state index contributed by atoms with van der Waals surface area (Å²) in [6.45, 7) is 2.77. The monoisotopic (exact) mass is 677 g/mol. The number of anilines is 1. The molecule has 47 heavy (non-hydrogen) atoms. The Labute approximate surface area is 276 Å². The number of likely N-dealkylation sites (tertiary alicyclic amines) is 1. The highest BCUT2D eigenvalue weighted by molar-refractivity contribution is 7.89. The van der Waals surface area contributed by atoms with E-state index in [2.05, 4.69) is 9.97 Å². The van der Waals surface area contributed by atoms with Crippen molar-refractivity contribution in [2.75, 3.05) is 38.2 Å². The average Bonchev–Trinajstić information content (AvgIpc) is 3.76. The number of benzene rings is 2. The van der Waals surface area contributed by atoms with Gasteiger partial charge in [-0.3, -0.25) is 14.4 Å². The van der Waals surface area contributed by atoms with Crippen molar-refractivity contribution >= 4 is 55.2 Å². The van der Waals surface area contributed by atoms with Gasteiger partial charge in [0.1, 0.15) is 15.4 Å². The van der Waals surface area contributed by atoms with Crippen molar-refractivity contribution in [2.24, 2.45) is 0 Å². The maximum atomic E-state index is 14.2. The smallest absolute Gasteiger partial charge is 0.303 e. The molecule has 1 unspecified atom stereocenters. The molecule has 12 nitrogen and oxygen atoms in total. The number of ether oxygens (including phenoxy) is 1. The summed E-state index contributed by atoms with van der Waals surface area (Å²) in [6, 6.07) is 17.5. The first-order valence-electron chi connectivity index (χ1n) is 15.3. The van der Waals surface area contributed by atoms with E-state index in [-0.39, 0.29) is 49.1 Å². The Kier molecular flexibility index (Phi) is 9.01. The second-order valence-corrected chi connectivity index (χ2v) is 14.9. The van der Waals surface area contributed by atoms with Crippen LogP contribution in [0.25, 0.3) is 10.3 Å². The third kappa shape index (κ3) is 6.58. The molecule has 0 bridgehead atoms. The molecule has 1 N–H and O–H groups in total. The lowest BCUT2D eigenvalue weighted by atomic mass is 9.81. The van der Waals surface area contributed by atoms with Gasteiger partial charge < -0.3 is 19.6 Å². The molecule has 2 aromatic carbocycles. The molecule has 2 aromatic heterocycles. The Hall–Kier alpha value is -4.40. The first kappa shape index (κ1) is 32.5. The van der Waals surface area contributed by atoms with Crippen molar-refractivity contribution < 1.29 is 32.6 Å². The summed E-state index contributed by atoms with van der Waals surface area (Å²) in [6.07, 6.45) is 0.596. The van der Waals surface area contributed by atoms with E-state index in [0.717, 1.165) is 5.56 Å². The first-order valence-corrected chi connectivity index (χ1v) is 17.5. The largest absolute Gasteiger partial charge is 0.481 e. The van der Waals surface area contributed by atoms with Gasteiger partial charge in [0.25, 0.3) is 0 Å². The number of fused-ring (bicyclic) bond motifs is 3. The Morgan fingerprint density at radius 2 is 1.85 bits per heavy atom. The fraction of sp³-hybridized carbons (Fsp3) is 0.364. The van der Waals surface area contributed by atoms with Gasteiger partial charge in [-0.1, -0.05) is 41.7 Å². The zero-order valence-electron chi connectivity index (χ0n) is 26.1. The normalized spacial score (nSPS) is 17.5. The molecule has 1 saturated heterocycles. The molecule has 0 saturated carbocycles. The number of methoxy groups -OCH3 is 1. The SMILES string of the molecule is COc1ccc2nc(CC(=O)N3CC4(CCN(C(C)=O)C4)c4cc(S(=O)(=O)N(CCCC(=O)O)Cc5ccccc5)ccc43)sc2n1. The number of carbonyl (C=O) groups excluding carboxylic acids is 2. The molecule has 2 aliphatic rings. The van der Waals surface area contributed by atoms with E-state index in [1.165, 1.54) is 35.7 Å². The Balaban J connectivity index is 1.34. The molecule has 6 rings (SSSR count). The second kappa shape index (κ2) is 13.0. The highest BCUT2D eigenvalue weighted by Gasteiger charge is 2.50. The van der Waals surface area contributed by atoms with E-state index < -0.39 is 21.4 Å². The third-order valence-electron chi connectivity index (χ3n) is 8.81. The minimum Gasteiger partial charge on any atom is -0.481 e. The minimum absolute atomic E-state index is 0.0252. The van der Waals surface area contributed by atoms with Crippen LogP contribution in [-0.4, -0.2) is 83.8 Å². The van der Waals surface area contributed by atoms with Gasteiger partial charge in [0.05, 0.1) is 18.4 Å². The maximum Gasteiger partial charge on any atom is 0.303 e. The van der Waals surface area contributed by atoms with Gasteiger partial charge in [0.2, 0.25) is 27.7 Å². The van der Waals surface area contributed by atoms with Crippen LogP contribution in [0.1, 0.15) is 42.3 Å². The lowest BCUT2D eigenvalue weighted by Gasteiger charge is -2.26. The Bertz CT molecular complexity index is 1950. The van der Waals surface area contributed by atoms with Crippen LogP contribution in [-0.2, 0) is 42.8 Å². The minimum atomic E-state index is -4.07. The highest BCUT2D eigenvalue weighted by Crippen LogP contribution is 2.47. The lowest BCUT2D eigenvalue weighted by Crippen LogP contribution is -2.40. The zero-order chi connectivity index (χ0) is 33.3. The Morgan fingerprint density at radius 3 is 2.55 bits per heavy atom. The molecule has 0 aliphatic carbocycles. The number of hydrogen-bond donors (Lipinski definition) is 1. The molecule has 2 amide bonds. The molecule has 2 aliphatic heterocycles. The van der Waals surface area contributed by atoms with E-state index in [9.17, 15) is 27.9 Å². The number of nitrogens with zero attached hydrogens (tertiary/aromatic N) is 5. The number of carbonyl (C=O) groups is 3. The summed E-state index contributed by atoms with van der Waals surface area (Å²) < 4.78 is 34.9. The summed E-state index contributed by atoms with van der Waals surface area (Å²) in [5.41, 5.74) is 2.12. The van der Waals surface area contributed by atoms with Crippen LogP contribution in [0.15, 0.2) is 65.6 Å². The van der Waals surface area contributed by atoms with Crippen molar-refractivity contribution in [3.63, 3.8) is 0 Å². The molecule has 4 heterocycles. The Morgan fingerprint density at radius 1 is 1.06 bits per heavy atom. The second-order valence-electron chi connectivity index (χ2n) is 11.9. The van der Waals surface area contributed by atoms with Crippen LogP contribution < -0.4 is 9.64 Å². The van der Waals surface area contributed by atoms with Gasteiger partial charge in [-0.25, -0.2) is 18.4 Å². The molecule has 4 aromatic rings. The van der Waals surface area contributed by atoms with E-state index in [1.54, 1.807) is 34.1 Å². The van der Waals surface area contributed by atoms with E-state index in [1.807, 2.05) is 30.3 Å². The van der Waals surface area contributed by atoms with Crippen molar-refractivity contribution in [1.29, 1.82) is 0 Å². The average molecular weight is 678 g/mol. The summed E-state index contributed by atoms with van der Waals surface area (Å²) in [5, 5.41) is 9.80. The van der Waals surface area contributed by atoms with Crippen LogP contribution in [0.3, 0.4) is 0 Å². The number of pyridine rings is 1. The fourth-order valence-corrected chi connectivity index (χ4v) is 8.82. The van der Waals surface area contributed by atoms with Gasteiger partial charge in [0.15, 0.2) is 0 Å². The number of hydrogen-bond acceptors (Lipinski definition) is 9. The molecule has 1 spiro atoms. The van der Waals surface area contributed by atoms with Crippen LogP contribution in [0.2, 0.25) is 0 Å². The number of carboxylic acid groups (broad SMARTS) is 1. The van der Waals surface area contributed by atoms with Crippen molar-refractivity contribution in [2.45, 2.75) is 49.5 Å². The predicted octanol–water partition coefficient (Wildman–Crippen LogP) is 3.83. The summed E-state index contributed by atoms with van der Waals surface area (Å²) >= 11 is 1.32. The van der Waals surface area contributed by atoms with Crippen LogP contribution in [0.4, 0.5) is 5.69 Å². The molecule has 0 radical (unpaired) electrons. The fourth-order valence-electron chi connectivity index (χ4n) is 6.41. The molecule has 1 atom stereocenters. The topological polar surface area (TPSA) is 150 Å². The summed E-state index contributed by atoms with van der Waals surface area (Å²) in [4.78, 5) is 50.7. The number of amides is 2. The summed E-state index contributed by atoms with van der Waals surface area (Å²) in [5.74, 6) is -0.808.